The first kappa shape index (κ1) is 21.2. The number of carbonyl (C=O) groups is 1. The second-order valence-electron chi connectivity index (χ2n) is 7.84. The van der Waals surface area contributed by atoms with Crippen LogP contribution < -0.4 is 16.1 Å². The van der Waals surface area contributed by atoms with Gasteiger partial charge in [-0.3, -0.25) is 4.79 Å². The third-order valence-electron chi connectivity index (χ3n) is 5.35. The summed E-state index contributed by atoms with van der Waals surface area (Å²) in [6.45, 7) is 7.84. The van der Waals surface area contributed by atoms with Crippen LogP contribution in [-0.2, 0) is 4.79 Å². The van der Waals surface area contributed by atoms with E-state index >= 15 is 0 Å². The molecule has 1 aliphatic heterocycles. The van der Waals surface area contributed by atoms with Gasteiger partial charge in [0.2, 0.25) is 11.1 Å². The number of nitrogens with two attached hydrogens (primary N) is 1. The van der Waals surface area contributed by atoms with Crippen LogP contribution in [0.15, 0.2) is 35.5 Å². The molecule has 3 heterocycles. The number of rotatable bonds is 6. The van der Waals surface area contributed by atoms with Crippen molar-refractivity contribution in [2.75, 3.05) is 29.1 Å². The predicted octanol–water partition coefficient (Wildman–Crippen LogP) is 2.90. The summed E-state index contributed by atoms with van der Waals surface area (Å²) < 4.78 is 3.00. The van der Waals surface area contributed by atoms with Gasteiger partial charge in [-0.2, -0.15) is 5.10 Å². The highest BCUT2D eigenvalue weighted by Crippen LogP contribution is 2.25. The number of nitrogen functional groups attached to an aromatic ring is 1. The second-order valence-corrected chi connectivity index (χ2v) is 9.14. The number of nitrogens with one attached hydrogen (secondary N) is 1. The van der Waals surface area contributed by atoms with E-state index in [0.29, 0.717) is 11.1 Å². The molecule has 1 fully saturated rings. The van der Waals surface area contributed by atoms with Crippen molar-refractivity contribution in [2.24, 2.45) is 0 Å². The number of hydrogen-bond acceptors (Lipinski definition) is 7. The molecule has 1 saturated heterocycles. The lowest BCUT2D eigenvalue weighted by Crippen LogP contribution is -2.29. The average Bonchev–Trinajstić information content (AvgIpc) is 3.29. The molecule has 164 valence electrons. The highest BCUT2D eigenvalue weighted by atomic mass is 32.2. The fourth-order valence-corrected chi connectivity index (χ4v) is 4.45. The van der Waals surface area contributed by atoms with Crippen molar-refractivity contribution in [2.45, 2.75) is 50.4 Å². The number of hydrogen-bond donors (Lipinski definition) is 2. The average molecular weight is 441 g/mol. The summed E-state index contributed by atoms with van der Waals surface area (Å²) in [5.74, 6) is 6.47. The van der Waals surface area contributed by atoms with Crippen molar-refractivity contribution in [1.29, 1.82) is 0 Å². The fourth-order valence-electron chi connectivity index (χ4n) is 3.69. The zero-order valence-corrected chi connectivity index (χ0v) is 18.9. The lowest BCUT2D eigenvalue weighted by Gasteiger charge is -2.28. The monoisotopic (exact) mass is 440 g/mol. The number of nitrogens with zero attached hydrogens (tertiary/aromatic N) is 6. The van der Waals surface area contributed by atoms with Crippen LogP contribution in [-0.4, -0.2) is 48.9 Å². The van der Waals surface area contributed by atoms with Gasteiger partial charge in [0.05, 0.1) is 10.9 Å². The van der Waals surface area contributed by atoms with E-state index in [0.717, 1.165) is 30.2 Å². The minimum absolute atomic E-state index is 0.119. The Balaban J connectivity index is 1.38. The van der Waals surface area contributed by atoms with Crippen LogP contribution in [0.1, 0.15) is 37.6 Å². The Hall–Kier alpha value is -3.01. The largest absolute Gasteiger partial charge is 0.372 e. The van der Waals surface area contributed by atoms with E-state index in [1.54, 1.807) is 4.68 Å². The van der Waals surface area contributed by atoms with E-state index in [2.05, 4.69) is 37.6 Å². The molecule has 2 aromatic heterocycles. The minimum atomic E-state index is -0.401. The Morgan fingerprint density at radius 3 is 2.48 bits per heavy atom. The number of carbonyl (C=O) groups excluding carboxylic acids is 1. The Kier molecular flexibility index (Phi) is 6.17. The van der Waals surface area contributed by atoms with Gasteiger partial charge in [-0.05, 0) is 70.4 Å². The summed E-state index contributed by atoms with van der Waals surface area (Å²) in [5, 5.41) is 15.7. The Morgan fingerprint density at radius 2 is 1.84 bits per heavy atom. The lowest BCUT2D eigenvalue weighted by molar-refractivity contribution is -0.115. The Labute approximate surface area is 186 Å². The molecule has 1 unspecified atom stereocenters. The topological polar surface area (TPSA) is 107 Å². The molecule has 0 saturated carbocycles. The van der Waals surface area contributed by atoms with E-state index in [1.165, 1.54) is 41.4 Å². The molecule has 1 aromatic carbocycles. The maximum atomic E-state index is 12.7. The summed E-state index contributed by atoms with van der Waals surface area (Å²) in [6, 6.07) is 9.97. The number of piperidine rings is 1. The Bertz CT molecular complexity index is 1050. The van der Waals surface area contributed by atoms with Crippen molar-refractivity contribution >= 4 is 29.0 Å². The van der Waals surface area contributed by atoms with Crippen LogP contribution in [0.4, 0.5) is 11.4 Å². The van der Waals surface area contributed by atoms with Gasteiger partial charge in [-0.25, -0.2) is 9.36 Å². The van der Waals surface area contributed by atoms with Gasteiger partial charge >= 0.3 is 0 Å². The van der Waals surface area contributed by atoms with Crippen molar-refractivity contribution < 1.29 is 4.79 Å². The number of thioether (sulfide) groups is 1. The van der Waals surface area contributed by atoms with Gasteiger partial charge in [0.25, 0.3) is 5.95 Å². The third kappa shape index (κ3) is 4.68. The normalized spacial score (nSPS) is 15.1. The summed E-state index contributed by atoms with van der Waals surface area (Å²) >= 11 is 1.25. The fraction of sp³-hybridized carbons (Fsp3) is 0.429. The van der Waals surface area contributed by atoms with Gasteiger partial charge in [-0.15, -0.1) is 10.2 Å². The van der Waals surface area contributed by atoms with E-state index in [9.17, 15) is 4.79 Å². The van der Waals surface area contributed by atoms with Crippen LogP contribution in [0.3, 0.4) is 0 Å². The highest BCUT2D eigenvalue weighted by molar-refractivity contribution is 8.00. The molecule has 1 amide bonds. The van der Waals surface area contributed by atoms with Crippen molar-refractivity contribution in [3.05, 3.63) is 41.7 Å². The van der Waals surface area contributed by atoms with Gasteiger partial charge in [0.15, 0.2) is 0 Å². The highest BCUT2D eigenvalue weighted by Gasteiger charge is 2.21. The standard InChI is InChI=1S/C21H28N8OS/c1-14-13-15(2)29(26-14)20-24-25-21(28(20)22)31-16(3)19(30)23-17-7-9-18(10-8-17)27-11-5-4-6-12-27/h7-10,13,16H,4-6,11-12,22H2,1-3H3,(H,23,30). The first-order chi connectivity index (χ1) is 14.9. The van der Waals surface area contributed by atoms with Gasteiger partial charge in [0, 0.05) is 30.2 Å². The van der Waals surface area contributed by atoms with Crippen LogP contribution in [0.5, 0.6) is 0 Å². The second kappa shape index (κ2) is 9.01. The van der Waals surface area contributed by atoms with E-state index < -0.39 is 5.25 Å². The summed E-state index contributed by atoms with van der Waals surface area (Å²) in [7, 11) is 0. The molecule has 9 nitrogen and oxygen atoms in total. The zero-order valence-electron chi connectivity index (χ0n) is 18.1. The molecule has 10 heteroatoms. The van der Waals surface area contributed by atoms with Crippen LogP contribution >= 0.6 is 11.8 Å². The quantitative estimate of drug-likeness (QED) is 0.448. The molecular formula is C21H28N8OS. The smallest absolute Gasteiger partial charge is 0.271 e. The van der Waals surface area contributed by atoms with Crippen LogP contribution in [0.2, 0.25) is 0 Å². The molecule has 0 bridgehead atoms. The van der Waals surface area contributed by atoms with Crippen molar-refractivity contribution in [1.82, 2.24) is 24.7 Å². The molecule has 3 aromatic rings. The number of amides is 1. The van der Waals surface area contributed by atoms with E-state index in [1.807, 2.05) is 39.0 Å². The molecule has 0 spiro atoms. The number of aryl methyl sites for hydroxylation is 2. The molecule has 1 atom stereocenters. The summed E-state index contributed by atoms with van der Waals surface area (Å²) in [6.07, 6.45) is 3.78. The maximum absolute atomic E-state index is 12.7. The maximum Gasteiger partial charge on any atom is 0.271 e. The number of anilines is 2. The SMILES string of the molecule is Cc1cc(C)n(-c2nnc(SC(C)C(=O)Nc3ccc(N4CCCCC4)cc3)n2N)n1. The summed E-state index contributed by atoms with van der Waals surface area (Å²) in [5.41, 5.74) is 3.75. The lowest BCUT2D eigenvalue weighted by atomic mass is 10.1. The molecule has 3 N–H and O–H groups in total. The summed E-state index contributed by atoms with van der Waals surface area (Å²) in [4.78, 5) is 15.1. The van der Waals surface area contributed by atoms with Gasteiger partial charge in [0.1, 0.15) is 0 Å². The molecule has 31 heavy (non-hydrogen) atoms. The minimum Gasteiger partial charge on any atom is -0.372 e. The van der Waals surface area contributed by atoms with Crippen LogP contribution in [0, 0.1) is 13.8 Å². The van der Waals surface area contributed by atoms with Gasteiger partial charge in [-0.1, -0.05) is 11.8 Å². The molecule has 0 radical (unpaired) electrons. The molecule has 4 rings (SSSR count). The first-order valence-corrected chi connectivity index (χ1v) is 11.4. The first-order valence-electron chi connectivity index (χ1n) is 10.5. The van der Waals surface area contributed by atoms with Crippen molar-refractivity contribution in [3.8, 4) is 5.95 Å². The molecule has 0 aliphatic carbocycles. The van der Waals surface area contributed by atoms with E-state index in [4.69, 9.17) is 5.84 Å². The van der Waals surface area contributed by atoms with Crippen LogP contribution in [0.25, 0.3) is 5.95 Å². The van der Waals surface area contributed by atoms with E-state index in [-0.39, 0.29) is 5.91 Å². The molecular weight excluding hydrogens is 412 g/mol. The third-order valence-corrected chi connectivity index (χ3v) is 6.41. The molecule has 1 aliphatic rings. The Morgan fingerprint density at radius 1 is 1.13 bits per heavy atom. The van der Waals surface area contributed by atoms with Crippen molar-refractivity contribution in [3.63, 3.8) is 0 Å². The predicted molar refractivity (Wildman–Crippen MR) is 123 cm³/mol. The zero-order chi connectivity index (χ0) is 22.0. The number of benzene rings is 1. The van der Waals surface area contributed by atoms with Gasteiger partial charge < -0.3 is 16.1 Å². The number of aromatic nitrogens is 5.